The summed E-state index contributed by atoms with van der Waals surface area (Å²) < 4.78 is 11.1. The molecule has 4 heteroatoms. The highest BCUT2D eigenvalue weighted by molar-refractivity contribution is 4.85. The fourth-order valence-corrected chi connectivity index (χ4v) is 2.55. The van der Waals surface area contributed by atoms with Crippen LogP contribution in [0, 0.1) is 0 Å². The van der Waals surface area contributed by atoms with Crippen LogP contribution in [0.25, 0.3) is 0 Å². The van der Waals surface area contributed by atoms with E-state index in [1.807, 2.05) is 6.92 Å². The van der Waals surface area contributed by atoms with Crippen LogP contribution in [0.2, 0.25) is 0 Å². The van der Waals surface area contributed by atoms with Crippen molar-refractivity contribution >= 4 is 0 Å². The highest BCUT2D eigenvalue weighted by Crippen LogP contribution is 2.22. The quantitative estimate of drug-likeness (QED) is 0.772. The number of nitrogens with one attached hydrogen (secondary N) is 1. The molecule has 94 valence electrons. The minimum atomic E-state index is -0.344. The van der Waals surface area contributed by atoms with Crippen LogP contribution in [0.1, 0.15) is 26.7 Å². The van der Waals surface area contributed by atoms with E-state index in [1.165, 1.54) is 6.42 Å². The Kier molecular flexibility index (Phi) is 3.85. The van der Waals surface area contributed by atoms with Gasteiger partial charge in [0.2, 0.25) is 0 Å². The van der Waals surface area contributed by atoms with Crippen LogP contribution in [0.5, 0.6) is 0 Å². The van der Waals surface area contributed by atoms with Gasteiger partial charge in [-0.1, -0.05) is 0 Å². The Bertz CT molecular complexity index is 219. The van der Waals surface area contributed by atoms with Gasteiger partial charge < -0.3 is 19.7 Å². The van der Waals surface area contributed by atoms with Crippen LogP contribution in [0.15, 0.2) is 0 Å². The van der Waals surface area contributed by atoms with Gasteiger partial charge in [0, 0.05) is 31.6 Å². The molecule has 2 saturated heterocycles. The van der Waals surface area contributed by atoms with Crippen molar-refractivity contribution in [2.45, 2.75) is 44.6 Å². The molecule has 0 amide bonds. The van der Waals surface area contributed by atoms with Crippen LogP contribution in [0.4, 0.5) is 0 Å². The third-order valence-corrected chi connectivity index (χ3v) is 3.80. The summed E-state index contributed by atoms with van der Waals surface area (Å²) in [4.78, 5) is 2.40. The van der Waals surface area contributed by atoms with Crippen LogP contribution >= 0.6 is 0 Å². The highest BCUT2D eigenvalue weighted by atomic mass is 16.7. The smallest absolute Gasteiger partial charge is 0.166 e. The molecule has 2 unspecified atom stereocenters. The summed E-state index contributed by atoms with van der Waals surface area (Å²) in [5.41, 5.74) is 0. The van der Waals surface area contributed by atoms with Crippen molar-refractivity contribution in [1.29, 1.82) is 0 Å². The molecule has 2 aliphatic rings. The zero-order valence-corrected chi connectivity index (χ0v) is 10.7. The van der Waals surface area contributed by atoms with E-state index in [0.29, 0.717) is 12.1 Å². The van der Waals surface area contributed by atoms with Crippen LogP contribution in [-0.4, -0.2) is 56.1 Å². The molecular formula is C12H24N2O2. The highest BCUT2D eigenvalue weighted by Gasteiger charge is 2.31. The molecule has 0 aliphatic carbocycles. The average Bonchev–Trinajstić information content (AvgIpc) is 2.76. The zero-order valence-electron chi connectivity index (χ0n) is 10.7. The predicted octanol–water partition coefficient (Wildman–Crippen LogP) is 0.822. The van der Waals surface area contributed by atoms with Gasteiger partial charge in [0.05, 0.1) is 13.2 Å². The maximum absolute atomic E-state index is 5.57. The summed E-state index contributed by atoms with van der Waals surface area (Å²) in [7, 11) is 2.19. The lowest BCUT2D eigenvalue weighted by Crippen LogP contribution is -2.37. The summed E-state index contributed by atoms with van der Waals surface area (Å²) in [6.07, 6.45) is 2.18. The van der Waals surface area contributed by atoms with Crippen molar-refractivity contribution < 1.29 is 9.47 Å². The molecule has 0 aromatic heterocycles. The Hall–Kier alpha value is -0.160. The maximum Gasteiger partial charge on any atom is 0.166 e. The van der Waals surface area contributed by atoms with Gasteiger partial charge in [0.15, 0.2) is 5.79 Å². The number of ether oxygens (including phenoxy) is 2. The van der Waals surface area contributed by atoms with Crippen LogP contribution in [-0.2, 0) is 9.47 Å². The third-order valence-electron chi connectivity index (χ3n) is 3.80. The first-order valence-electron chi connectivity index (χ1n) is 6.31. The molecule has 2 rings (SSSR count). The van der Waals surface area contributed by atoms with E-state index in [-0.39, 0.29) is 5.79 Å². The van der Waals surface area contributed by atoms with E-state index in [4.69, 9.17) is 9.47 Å². The van der Waals surface area contributed by atoms with Crippen molar-refractivity contribution in [3.05, 3.63) is 0 Å². The molecule has 0 radical (unpaired) electrons. The average molecular weight is 228 g/mol. The summed E-state index contributed by atoms with van der Waals surface area (Å²) >= 11 is 0. The third kappa shape index (κ3) is 2.94. The molecule has 2 atom stereocenters. The fraction of sp³-hybridized carbons (Fsp3) is 1.00. The Morgan fingerprint density at radius 1 is 1.38 bits per heavy atom. The van der Waals surface area contributed by atoms with Crippen molar-refractivity contribution in [3.8, 4) is 0 Å². The molecule has 4 nitrogen and oxygen atoms in total. The standard InChI is InChI=1S/C12H24N2O2/c1-10-8-11(9-14(10)3)13-5-4-12(2)15-6-7-16-12/h10-11,13H,4-9H2,1-3H3. The molecule has 2 aliphatic heterocycles. The Morgan fingerprint density at radius 3 is 2.62 bits per heavy atom. The lowest BCUT2D eigenvalue weighted by atomic mass is 10.1. The second kappa shape index (κ2) is 5.00. The van der Waals surface area contributed by atoms with E-state index in [2.05, 4.69) is 24.2 Å². The Balaban J connectivity index is 1.65. The number of likely N-dealkylation sites (N-methyl/N-ethyl adjacent to an activating group) is 1. The van der Waals surface area contributed by atoms with Crippen molar-refractivity contribution in [2.24, 2.45) is 0 Å². The van der Waals surface area contributed by atoms with Gasteiger partial charge in [-0.15, -0.1) is 0 Å². The predicted molar refractivity (Wildman–Crippen MR) is 63.4 cm³/mol. The van der Waals surface area contributed by atoms with Crippen molar-refractivity contribution in [2.75, 3.05) is 33.4 Å². The van der Waals surface area contributed by atoms with Crippen LogP contribution < -0.4 is 5.32 Å². The zero-order chi connectivity index (χ0) is 11.6. The minimum Gasteiger partial charge on any atom is -0.348 e. The first-order chi connectivity index (χ1) is 7.59. The fourth-order valence-electron chi connectivity index (χ4n) is 2.55. The van der Waals surface area contributed by atoms with Crippen molar-refractivity contribution in [1.82, 2.24) is 10.2 Å². The van der Waals surface area contributed by atoms with Gasteiger partial charge >= 0.3 is 0 Å². The maximum atomic E-state index is 5.57. The normalized spacial score (nSPS) is 34.7. The van der Waals surface area contributed by atoms with E-state index in [9.17, 15) is 0 Å². The number of likely N-dealkylation sites (tertiary alicyclic amines) is 1. The molecule has 0 aromatic rings. The summed E-state index contributed by atoms with van der Waals surface area (Å²) in [5.74, 6) is -0.344. The number of hydrogen-bond donors (Lipinski definition) is 1. The number of hydrogen-bond acceptors (Lipinski definition) is 4. The lowest BCUT2D eigenvalue weighted by Gasteiger charge is -2.23. The molecule has 1 N–H and O–H groups in total. The molecule has 0 spiro atoms. The molecular weight excluding hydrogens is 204 g/mol. The first-order valence-corrected chi connectivity index (χ1v) is 6.31. The number of nitrogens with zero attached hydrogens (tertiary/aromatic N) is 1. The van der Waals surface area contributed by atoms with E-state index >= 15 is 0 Å². The first kappa shape index (κ1) is 12.3. The van der Waals surface area contributed by atoms with Crippen LogP contribution in [0.3, 0.4) is 0 Å². The number of rotatable bonds is 4. The molecule has 2 fully saturated rings. The van der Waals surface area contributed by atoms with Gasteiger partial charge in [-0.05, 0) is 27.3 Å². The van der Waals surface area contributed by atoms with Gasteiger partial charge in [-0.3, -0.25) is 0 Å². The minimum absolute atomic E-state index is 0.344. The summed E-state index contributed by atoms with van der Waals surface area (Å²) in [5, 5.41) is 3.59. The molecule has 0 saturated carbocycles. The van der Waals surface area contributed by atoms with Crippen molar-refractivity contribution in [3.63, 3.8) is 0 Å². The lowest BCUT2D eigenvalue weighted by molar-refractivity contribution is -0.145. The monoisotopic (exact) mass is 228 g/mol. The van der Waals surface area contributed by atoms with E-state index < -0.39 is 0 Å². The topological polar surface area (TPSA) is 33.7 Å². The SMILES string of the molecule is CC1CC(NCCC2(C)OCCO2)CN1C. The van der Waals surface area contributed by atoms with Gasteiger partial charge in [0.1, 0.15) is 0 Å². The molecule has 0 bridgehead atoms. The summed E-state index contributed by atoms with van der Waals surface area (Å²) in [6, 6.07) is 1.33. The van der Waals surface area contributed by atoms with Gasteiger partial charge in [0.25, 0.3) is 0 Å². The Labute approximate surface area is 98.3 Å². The van der Waals surface area contributed by atoms with E-state index in [1.54, 1.807) is 0 Å². The van der Waals surface area contributed by atoms with E-state index in [0.717, 1.165) is 32.7 Å². The second-order valence-corrected chi connectivity index (χ2v) is 5.26. The molecule has 0 aromatic carbocycles. The molecule has 2 heterocycles. The largest absolute Gasteiger partial charge is 0.348 e. The van der Waals surface area contributed by atoms with Gasteiger partial charge in [-0.2, -0.15) is 0 Å². The second-order valence-electron chi connectivity index (χ2n) is 5.26. The summed E-state index contributed by atoms with van der Waals surface area (Å²) in [6.45, 7) is 7.91. The van der Waals surface area contributed by atoms with Gasteiger partial charge in [-0.25, -0.2) is 0 Å². The molecule has 16 heavy (non-hydrogen) atoms. The Morgan fingerprint density at radius 2 is 2.06 bits per heavy atom.